The molecule has 0 aliphatic heterocycles. The summed E-state index contributed by atoms with van der Waals surface area (Å²) in [7, 11) is 0. The van der Waals surface area contributed by atoms with Gasteiger partial charge in [-0.05, 0) is 30.2 Å². The highest BCUT2D eigenvalue weighted by Crippen LogP contribution is 2.20. The molecule has 1 aromatic carbocycles. The molecule has 4 atom stereocenters. The van der Waals surface area contributed by atoms with E-state index >= 15 is 0 Å². The van der Waals surface area contributed by atoms with Crippen molar-refractivity contribution in [3.63, 3.8) is 0 Å². The Kier molecular flexibility index (Phi) is 6.79. The molecule has 0 radical (unpaired) electrons. The molecule has 0 aliphatic rings. The number of aliphatic hydroxyl groups excluding tert-OH is 6. The van der Waals surface area contributed by atoms with Crippen molar-refractivity contribution in [2.24, 2.45) is 0 Å². The normalized spacial score (nSPS) is 18.1. The second-order valence-electron chi connectivity index (χ2n) is 4.75. The first-order chi connectivity index (χ1) is 9.77. The fourth-order valence-electron chi connectivity index (χ4n) is 1.65. The molecular weight excluding hydrogens is 344 g/mol. The molecule has 0 bridgehead atoms. The number of halogens is 1. The Morgan fingerprint density at radius 3 is 2.33 bits per heavy atom. The Morgan fingerprint density at radius 2 is 1.81 bits per heavy atom. The van der Waals surface area contributed by atoms with Gasteiger partial charge < -0.3 is 30.6 Å². The zero-order valence-electron chi connectivity index (χ0n) is 11.4. The standard InChI is InChI=1S/C14H19BrO6/c1-7-2-3-8(4-9(7)15)5-10(17)12(19)14(21)13(20)11(18)6-16/h2-5,11-14,16-21H,6H2,1H3/t11-,12+,13-,14-/m1/s1. The smallest absolute Gasteiger partial charge is 0.139 e. The number of rotatable bonds is 6. The molecule has 0 saturated carbocycles. The van der Waals surface area contributed by atoms with E-state index in [0.29, 0.717) is 5.56 Å². The minimum absolute atomic E-state index is 0.567. The van der Waals surface area contributed by atoms with Crippen molar-refractivity contribution in [2.75, 3.05) is 6.61 Å². The molecule has 21 heavy (non-hydrogen) atoms. The van der Waals surface area contributed by atoms with E-state index in [0.717, 1.165) is 10.0 Å². The Balaban J connectivity index is 2.87. The van der Waals surface area contributed by atoms with Crippen LogP contribution in [0.1, 0.15) is 11.1 Å². The topological polar surface area (TPSA) is 121 Å². The van der Waals surface area contributed by atoms with Crippen LogP contribution in [0.25, 0.3) is 6.08 Å². The first-order valence-corrected chi connectivity index (χ1v) is 7.07. The fourth-order valence-corrected chi connectivity index (χ4v) is 2.05. The van der Waals surface area contributed by atoms with Crippen LogP contribution < -0.4 is 0 Å². The Hall–Kier alpha value is -0.960. The zero-order chi connectivity index (χ0) is 16.2. The number of hydrogen-bond donors (Lipinski definition) is 6. The summed E-state index contributed by atoms with van der Waals surface area (Å²) >= 11 is 3.33. The SMILES string of the molecule is Cc1ccc(C=C(O)[C@H](O)[C@@H](O)[C@H](O)[C@H](O)CO)cc1Br. The lowest BCUT2D eigenvalue weighted by Gasteiger charge is -2.25. The van der Waals surface area contributed by atoms with Crippen LogP contribution in [0.4, 0.5) is 0 Å². The lowest BCUT2D eigenvalue weighted by Crippen LogP contribution is -2.46. The van der Waals surface area contributed by atoms with Gasteiger partial charge in [0.25, 0.3) is 0 Å². The number of hydrogen-bond acceptors (Lipinski definition) is 6. The molecule has 0 saturated heterocycles. The third-order valence-electron chi connectivity index (χ3n) is 3.07. The van der Waals surface area contributed by atoms with Crippen LogP contribution in [0.5, 0.6) is 0 Å². The summed E-state index contributed by atoms with van der Waals surface area (Å²) in [5.74, 6) is -0.567. The predicted molar refractivity (Wildman–Crippen MR) is 80.6 cm³/mol. The molecule has 0 aromatic heterocycles. The van der Waals surface area contributed by atoms with Crippen LogP contribution in [-0.4, -0.2) is 61.7 Å². The maximum absolute atomic E-state index is 9.79. The second kappa shape index (κ2) is 7.88. The summed E-state index contributed by atoms with van der Waals surface area (Å²) in [6.45, 7) is 1.11. The maximum atomic E-state index is 9.79. The van der Waals surface area contributed by atoms with Gasteiger partial charge in [0.1, 0.15) is 30.2 Å². The molecule has 6 N–H and O–H groups in total. The molecule has 0 fully saturated rings. The van der Waals surface area contributed by atoms with Gasteiger partial charge in [-0.1, -0.05) is 28.1 Å². The predicted octanol–water partition coefficient (Wildman–Crippen LogP) is 0.0923. The first kappa shape index (κ1) is 18.1. The molecule has 6 nitrogen and oxygen atoms in total. The van der Waals surface area contributed by atoms with Crippen molar-refractivity contribution in [1.29, 1.82) is 0 Å². The van der Waals surface area contributed by atoms with Crippen LogP contribution in [0.15, 0.2) is 28.4 Å². The highest BCUT2D eigenvalue weighted by molar-refractivity contribution is 9.10. The summed E-state index contributed by atoms with van der Waals surface area (Å²) in [5, 5.41) is 56.6. The van der Waals surface area contributed by atoms with E-state index in [-0.39, 0.29) is 0 Å². The quantitative estimate of drug-likeness (QED) is 0.399. The van der Waals surface area contributed by atoms with Gasteiger partial charge in [0.15, 0.2) is 0 Å². The first-order valence-electron chi connectivity index (χ1n) is 6.27. The van der Waals surface area contributed by atoms with Crippen molar-refractivity contribution in [3.8, 4) is 0 Å². The Morgan fingerprint density at radius 1 is 1.19 bits per heavy atom. The average Bonchev–Trinajstić information content (AvgIpc) is 2.47. The summed E-state index contributed by atoms with van der Waals surface area (Å²) in [4.78, 5) is 0. The van der Waals surface area contributed by atoms with Crippen LogP contribution in [0.2, 0.25) is 0 Å². The molecule has 7 heteroatoms. The van der Waals surface area contributed by atoms with E-state index in [2.05, 4.69) is 15.9 Å². The van der Waals surface area contributed by atoms with Gasteiger partial charge >= 0.3 is 0 Å². The van der Waals surface area contributed by atoms with E-state index < -0.39 is 36.8 Å². The summed E-state index contributed by atoms with van der Waals surface area (Å²) in [6, 6.07) is 5.22. The molecule has 1 rings (SSSR count). The van der Waals surface area contributed by atoms with Gasteiger partial charge in [0, 0.05) is 4.47 Å². The van der Waals surface area contributed by atoms with E-state index in [1.54, 1.807) is 18.2 Å². The molecular formula is C14H19BrO6. The van der Waals surface area contributed by atoms with E-state index in [1.165, 1.54) is 6.08 Å². The zero-order valence-corrected chi connectivity index (χ0v) is 13.0. The third kappa shape index (κ3) is 4.77. The Bertz CT molecular complexity index is 504. The summed E-state index contributed by atoms with van der Waals surface area (Å²) < 4.78 is 0.815. The van der Waals surface area contributed by atoms with Gasteiger partial charge in [-0.2, -0.15) is 0 Å². The minimum atomic E-state index is -1.84. The maximum Gasteiger partial charge on any atom is 0.139 e. The average molecular weight is 363 g/mol. The van der Waals surface area contributed by atoms with Crippen molar-refractivity contribution in [2.45, 2.75) is 31.3 Å². The largest absolute Gasteiger partial charge is 0.509 e. The van der Waals surface area contributed by atoms with Crippen LogP contribution >= 0.6 is 15.9 Å². The fraction of sp³-hybridized carbons (Fsp3) is 0.429. The third-order valence-corrected chi connectivity index (χ3v) is 3.92. The van der Waals surface area contributed by atoms with Crippen molar-refractivity contribution < 1.29 is 30.6 Å². The van der Waals surface area contributed by atoms with Crippen LogP contribution in [0.3, 0.4) is 0 Å². The summed E-state index contributed by atoms with van der Waals surface area (Å²) in [5.41, 5.74) is 1.57. The van der Waals surface area contributed by atoms with E-state index in [4.69, 9.17) is 5.11 Å². The van der Waals surface area contributed by atoms with E-state index in [1.807, 2.05) is 6.92 Å². The van der Waals surface area contributed by atoms with Crippen LogP contribution in [-0.2, 0) is 0 Å². The molecule has 0 aliphatic carbocycles. The number of benzene rings is 1. The molecule has 0 unspecified atom stereocenters. The van der Waals surface area contributed by atoms with E-state index in [9.17, 15) is 25.5 Å². The number of aryl methyl sites for hydroxylation is 1. The molecule has 118 valence electrons. The molecule has 1 aromatic rings. The van der Waals surface area contributed by atoms with Crippen molar-refractivity contribution >= 4 is 22.0 Å². The monoisotopic (exact) mass is 362 g/mol. The second-order valence-corrected chi connectivity index (χ2v) is 5.61. The lowest BCUT2D eigenvalue weighted by molar-refractivity contribution is -0.112. The molecule has 0 heterocycles. The highest BCUT2D eigenvalue weighted by atomic mass is 79.9. The van der Waals surface area contributed by atoms with Gasteiger partial charge in [0.05, 0.1) is 6.61 Å². The molecule has 0 amide bonds. The van der Waals surface area contributed by atoms with Gasteiger partial charge in [-0.3, -0.25) is 0 Å². The lowest BCUT2D eigenvalue weighted by atomic mass is 10.0. The van der Waals surface area contributed by atoms with Crippen LogP contribution in [0, 0.1) is 6.92 Å². The van der Waals surface area contributed by atoms with Gasteiger partial charge in [-0.15, -0.1) is 0 Å². The summed E-state index contributed by atoms with van der Waals surface area (Å²) in [6.07, 6.45) is -5.80. The van der Waals surface area contributed by atoms with Gasteiger partial charge in [-0.25, -0.2) is 0 Å². The van der Waals surface area contributed by atoms with Crippen molar-refractivity contribution in [3.05, 3.63) is 39.6 Å². The Labute approximate surface area is 130 Å². The minimum Gasteiger partial charge on any atom is -0.509 e. The van der Waals surface area contributed by atoms with Crippen molar-refractivity contribution in [1.82, 2.24) is 0 Å². The number of aliphatic hydroxyl groups is 6. The molecule has 0 spiro atoms. The highest BCUT2D eigenvalue weighted by Gasteiger charge is 2.32. The van der Waals surface area contributed by atoms with Gasteiger partial charge in [0.2, 0.25) is 0 Å².